The minimum Gasteiger partial charge on any atom is -0.399 e. The lowest BCUT2D eigenvalue weighted by molar-refractivity contribution is -0.137. The highest BCUT2D eigenvalue weighted by Gasteiger charge is 2.30. The molecule has 0 heterocycles. The average Bonchev–Trinajstić information content (AvgIpc) is 2.12. The molecule has 0 unspecified atom stereocenters. The van der Waals surface area contributed by atoms with Gasteiger partial charge in [0, 0.05) is 12.2 Å². The Morgan fingerprint density at radius 3 is 2.24 bits per heavy atom. The molecule has 0 aliphatic heterocycles. The van der Waals surface area contributed by atoms with Gasteiger partial charge in [-0.1, -0.05) is 0 Å². The summed E-state index contributed by atoms with van der Waals surface area (Å²) < 4.78 is 37.4. The zero-order valence-corrected chi connectivity index (χ0v) is 10.5. The van der Waals surface area contributed by atoms with Crippen molar-refractivity contribution >= 4 is 18.1 Å². The van der Waals surface area contributed by atoms with Crippen LogP contribution in [0.2, 0.25) is 0 Å². The molecule has 0 saturated carbocycles. The lowest BCUT2D eigenvalue weighted by atomic mass is 10.1. The summed E-state index contributed by atoms with van der Waals surface area (Å²) in [6.07, 6.45) is -3.77. The fourth-order valence-electron chi connectivity index (χ4n) is 1.38. The number of hydrogen-bond donors (Lipinski definition) is 1. The number of rotatable bonds is 3. The standard InChI is InChI=1S/C11H15F3N2.ClH/c1-16(2)4-3-8-5-9(11(12,13)14)7-10(15)6-8;/h5-7H,3-4,15H2,1-2H3;1H. The van der Waals surface area contributed by atoms with Gasteiger partial charge in [-0.2, -0.15) is 13.2 Å². The predicted octanol–water partition coefficient (Wildman–Crippen LogP) is 2.81. The molecule has 98 valence electrons. The first kappa shape index (κ1) is 16.1. The van der Waals surface area contributed by atoms with Gasteiger partial charge in [0.15, 0.2) is 0 Å². The van der Waals surface area contributed by atoms with E-state index in [4.69, 9.17) is 5.73 Å². The van der Waals surface area contributed by atoms with Crippen molar-refractivity contribution < 1.29 is 13.2 Å². The molecule has 2 N–H and O–H groups in total. The summed E-state index contributed by atoms with van der Waals surface area (Å²) in [4.78, 5) is 1.91. The van der Waals surface area contributed by atoms with Crippen LogP contribution in [0.3, 0.4) is 0 Å². The van der Waals surface area contributed by atoms with Crippen LogP contribution in [0.1, 0.15) is 11.1 Å². The first-order chi connectivity index (χ1) is 7.29. The van der Waals surface area contributed by atoms with Crippen LogP contribution in [0.5, 0.6) is 0 Å². The van der Waals surface area contributed by atoms with E-state index >= 15 is 0 Å². The molecule has 6 heteroatoms. The third-order valence-electron chi connectivity index (χ3n) is 2.19. The Labute approximate surface area is 105 Å². The first-order valence-corrected chi connectivity index (χ1v) is 4.90. The maximum atomic E-state index is 12.5. The Balaban J connectivity index is 0.00000256. The van der Waals surface area contributed by atoms with Crippen molar-refractivity contribution in [1.29, 1.82) is 0 Å². The molecule has 1 aromatic carbocycles. The maximum Gasteiger partial charge on any atom is 0.416 e. The minimum absolute atomic E-state index is 0. The number of benzene rings is 1. The smallest absolute Gasteiger partial charge is 0.399 e. The molecule has 2 nitrogen and oxygen atoms in total. The zero-order chi connectivity index (χ0) is 12.3. The molecule has 1 rings (SSSR count). The second kappa shape index (κ2) is 6.12. The lowest BCUT2D eigenvalue weighted by Crippen LogP contribution is -2.15. The van der Waals surface area contributed by atoms with Crippen molar-refractivity contribution in [3.8, 4) is 0 Å². The van der Waals surface area contributed by atoms with Crippen molar-refractivity contribution in [2.75, 3.05) is 26.4 Å². The Morgan fingerprint density at radius 2 is 1.76 bits per heavy atom. The molecule has 0 aliphatic carbocycles. The number of likely N-dealkylation sites (N-methyl/N-ethyl adjacent to an activating group) is 1. The minimum atomic E-state index is -4.33. The first-order valence-electron chi connectivity index (χ1n) is 4.90. The molecule has 0 saturated heterocycles. The Kier molecular flexibility index (Phi) is 5.78. The predicted molar refractivity (Wildman–Crippen MR) is 65.4 cm³/mol. The van der Waals surface area contributed by atoms with E-state index in [0.717, 1.165) is 12.1 Å². The molecule has 0 aliphatic rings. The van der Waals surface area contributed by atoms with Crippen molar-refractivity contribution in [2.24, 2.45) is 0 Å². The SMILES string of the molecule is CN(C)CCc1cc(N)cc(C(F)(F)F)c1.Cl. The zero-order valence-electron chi connectivity index (χ0n) is 9.71. The second-order valence-corrected chi connectivity index (χ2v) is 4.01. The highest BCUT2D eigenvalue weighted by Crippen LogP contribution is 2.31. The van der Waals surface area contributed by atoms with E-state index < -0.39 is 11.7 Å². The van der Waals surface area contributed by atoms with E-state index in [9.17, 15) is 13.2 Å². The summed E-state index contributed by atoms with van der Waals surface area (Å²) in [5.41, 5.74) is 5.54. The lowest BCUT2D eigenvalue weighted by Gasteiger charge is -2.12. The summed E-state index contributed by atoms with van der Waals surface area (Å²) in [6, 6.07) is 3.69. The van der Waals surface area contributed by atoms with Gasteiger partial charge >= 0.3 is 6.18 Å². The van der Waals surface area contributed by atoms with Crippen LogP contribution < -0.4 is 5.73 Å². The van der Waals surface area contributed by atoms with E-state index in [0.29, 0.717) is 18.5 Å². The third-order valence-corrected chi connectivity index (χ3v) is 2.19. The monoisotopic (exact) mass is 268 g/mol. The number of nitrogens with two attached hydrogens (primary N) is 1. The van der Waals surface area contributed by atoms with Gasteiger partial charge in [0.25, 0.3) is 0 Å². The van der Waals surface area contributed by atoms with Gasteiger partial charge < -0.3 is 10.6 Å². The molecular weight excluding hydrogens is 253 g/mol. The van der Waals surface area contributed by atoms with Gasteiger partial charge in [0.05, 0.1) is 5.56 Å². The van der Waals surface area contributed by atoms with Gasteiger partial charge in [-0.05, 0) is 44.3 Å². The fourth-order valence-corrected chi connectivity index (χ4v) is 1.38. The van der Waals surface area contributed by atoms with Gasteiger partial charge in [0.2, 0.25) is 0 Å². The van der Waals surface area contributed by atoms with Gasteiger partial charge in [-0.25, -0.2) is 0 Å². The van der Waals surface area contributed by atoms with Crippen molar-refractivity contribution in [2.45, 2.75) is 12.6 Å². The summed E-state index contributed by atoms with van der Waals surface area (Å²) in [6.45, 7) is 0.695. The molecule has 0 atom stereocenters. The van der Waals surface area contributed by atoms with E-state index in [-0.39, 0.29) is 18.1 Å². The molecule has 0 bridgehead atoms. The van der Waals surface area contributed by atoms with E-state index in [1.54, 1.807) is 6.07 Å². The van der Waals surface area contributed by atoms with Crippen LogP contribution in [-0.4, -0.2) is 25.5 Å². The molecule has 17 heavy (non-hydrogen) atoms. The summed E-state index contributed by atoms with van der Waals surface area (Å²) in [5, 5.41) is 0. The molecule has 1 aromatic rings. The Hall–Kier alpha value is -0.940. The largest absolute Gasteiger partial charge is 0.416 e. The van der Waals surface area contributed by atoms with Crippen molar-refractivity contribution in [1.82, 2.24) is 4.90 Å². The van der Waals surface area contributed by atoms with E-state index in [2.05, 4.69) is 0 Å². The highest BCUT2D eigenvalue weighted by atomic mass is 35.5. The molecular formula is C11H16ClF3N2. The van der Waals surface area contributed by atoms with E-state index in [1.165, 1.54) is 0 Å². The van der Waals surface area contributed by atoms with Crippen LogP contribution in [0, 0.1) is 0 Å². The summed E-state index contributed by atoms with van der Waals surface area (Å²) in [5.74, 6) is 0. The molecule has 0 amide bonds. The van der Waals surface area contributed by atoms with Crippen LogP contribution in [0.15, 0.2) is 18.2 Å². The maximum absolute atomic E-state index is 12.5. The third kappa shape index (κ3) is 5.28. The number of halogens is 4. The summed E-state index contributed by atoms with van der Waals surface area (Å²) in [7, 11) is 3.74. The van der Waals surface area contributed by atoms with Crippen LogP contribution in [-0.2, 0) is 12.6 Å². The molecule has 0 spiro atoms. The molecule has 0 fully saturated rings. The highest BCUT2D eigenvalue weighted by molar-refractivity contribution is 5.85. The number of hydrogen-bond acceptors (Lipinski definition) is 2. The Bertz CT molecular complexity index is 364. The van der Waals surface area contributed by atoms with Gasteiger partial charge in [-0.15, -0.1) is 12.4 Å². The van der Waals surface area contributed by atoms with Crippen LogP contribution in [0.25, 0.3) is 0 Å². The second-order valence-electron chi connectivity index (χ2n) is 4.01. The number of alkyl halides is 3. The van der Waals surface area contributed by atoms with Gasteiger partial charge in [-0.3, -0.25) is 0 Å². The fraction of sp³-hybridized carbons (Fsp3) is 0.455. The molecule has 0 aromatic heterocycles. The Morgan fingerprint density at radius 1 is 1.18 bits per heavy atom. The van der Waals surface area contributed by atoms with E-state index in [1.807, 2.05) is 19.0 Å². The van der Waals surface area contributed by atoms with Crippen molar-refractivity contribution in [3.63, 3.8) is 0 Å². The average molecular weight is 269 g/mol. The quantitative estimate of drug-likeness (QED) is 0.854. The van der Waals surface area contributed by atoms with Crippen LogP contribution >= 0.6 is 12.4 Å². The van der Waals surface area contributed by atoms with Gasteiger partial charge in [0.1, 0.15) is 0 Å². The normalized spacial score (nSPS) is 11.4. The topological polar surface area (TPSA) is 29.3 Å². The molecule has 0 radical (unpaired) electrons. The number of nitrogens with zero attached hydrogens (tertiary/aromatic N) is 1. The van der Waals surface area contributed by atoms with Crippen LogP contribution in [0.4, 0.5) is 18.9 Å². The number of nitrogen functional groups attached to an aromatic ring is 1. The summed E-state index contributed by atoms with van der Waals surface area (Å²) >= 11 is 0. The van der Waals surface area contributed by atoms with Crippen molar-refractivity contribution in [3.05, 3.63) is 29.3 Å². The number of anilines is 1.